The number of alkyl halides is 3. The highest BCUT2D eigenvalue weighted by molar-refractivity contribution is 6.08. The maximum absolute atomic E-state index is 13.1. The molecule has 0 atom stereocenters. The van der Waals surface area contributed by atoms with Crippen LogP contribution in [0.3, 0.4) is 0 Å². The number of halogens is 3. The zero-order chi connectivity index (χ0) is 29.7. The Hall–Kier alpha value is -4.63. The standard InChI is InChI=1S/C33H30F3N3O3/c1-23-6-2-5-9-30(23)42-31(40)22-38-18-20-39(21-19-38)27-16-14-26(15-17-27)37-32(41)29-8-4-3-7-28(29)24-10-12-25(13-11-24)33(34,35)36/h2-17H,18-22H2,1H3,(H,37,41). The molecule has 5 rings (SSSR count). The third-order valence-corrected chi connectivity index (χ3v) is 7.23. The van der Waals surface area contributed by atoms with Crippen molar-refractivity contribution >= 4 is 23.3 Å². The summed E-state index contributed by atoms with van der Waals surface area (Å²) in [4.78, 5) is 29.8. The number of anilines is 2. The zero-order valence-electron chi connectivity index (χ0n) is 23.0. The number of piperazine rings is 1. The van der Waals surface area contributed by atoms with Crippen LogP contribution < -0.4 is 15.0 Å². The van der Waals surface area contributed by atoms with Crippen LogP contribution in [0.25, 0.3) is 11.1 Å². The molecule has 216 valence electrons. The Morgan fingerprint density at radius 2 is 1.45 bits per heavy atom. The van der Waals surface area contributed by atoms with Gasteiger partial charge in [0.25, 0.3) is 5.91 Å². The molecule has 1 aliphatic heterocycles. The lowest BCUT2D eigenvalue weighted by Crippen LogP contribution is -2.48. The summed E-state index contributed by atoms with van der Waals surface area (Å²) in [5.41, 5.74) is 3.20. The van der Waals surface area contributed by atoms with E-state index in [2.05, 4.69) is 15.1 Å². The third kappa shape index (κ3) is 6.98. The Kier molecular flexibility index (Phi) is 8.59. The van der Waals surface area contributed by atoms with Gasteiger partial charge in [-0.1, -0.05) is 48.5 Å². The molecule has 1 N–H and O–H groups in total. The number of rotatable bonds is 7. The summed E-state index contributed by atoms with van der Waals surface area (Å²) in [5.74, 6) is -0.0569. The molecule has 4 aromatic carbocycles. The molecule has 0 aliphatic carbocycles. The molecular weight excluding hydrogens is 543 g/mol. The molecule has 9 heteroatoms. The number of hydrogen-bond donors (Lipinski definition) is 1. The highest BCUT2D eigenvalue weighted by atomic mass is 19.4. The van der Waals surface area contributed by atoms with Gasteiger partial charge in [-0.2, -0.15) is 13.2 Å². The van der Waals surface area contributed by atoms with Crippen LogP contribution in [0.15, 0.2) is 97.1 Å². The Bertz CT molecular complexity index is 1550. The third-order valence-electron chi connectivity index (χ3n) is 7.23. The van der Waals surface area contributed by atoms with Crippen molar-refractivity contribution in [2.75, 3.05) is 42.9 Å². The van der Waals surface area contributed by atoms with Crippen molar-refractivity contribution in [3.8, 4) is 16.9 Å². The molecule has 0 aromatic heterocycles. The van der Waals surface area contributed by atoms with E-state index >= 15 is 0 Å². The van der Waals surface area contributed by atoms with Gasteiger partial charge in [0.05, 0.1) is 12.1 Å². The van der Waals surface area contributed by atoms with Crippen molar-refractivity contribution < 1.29 is 27.5 Å². The maximum Gasteiger partial charge on any atom is 0.416 e. The molecule has 0 bridgehead atoms. The van der Waals surface area contributed by atoms with E-state index in [1.54, 1.807) is 30.3 Å². The molecular formula is C33H30F3N3O3. The molecule has 1 saturated heterocycles. The number of aryl methyl sites for hydroxylation is 1. The zero-order valence-corrected chi connectivity index (χ0v) is 23.0. The van der Waals surface area contributed by atoms with E-state index in [1.807, 2.05) is 49.4 Å². The highest BCUT2D eigenvalue weighted by Crippen LogP contribution is 2.32. The SMILES string of the molecule is Cc1ccccc1OC(=O)CN1CCN(c2ccc(NC(=O)c3ccccc3-c3ccc(C(F)(F)F)cc3)cc2)CC1. The van der Waals surface area contributed by atoms with E-state index in [1.165, 1.54) is 12.1 Å². The minimum Gasteiger partial charge on any atom is -0.425 e. The number of nitrogens with one attached hydrogen (secondary N) is 1. The summed E-state index contributed by atoms with van der Waals surface area (Å²) in [5, 5.41) is 2.89. The summed E-state index contributed by atoms with van der Waals surface area (Å²) in [6, 6.07) is 26.5. The molecule has 1 amide bonds. The van der Waals surface area contributed by atoms with Crippen LogP contribution in [-0.2, 0) is 11.0 Å². The summed E-state index contributed by atoms with van der Waals surface area (Å²) < 4.78 is 44.4. The summed E-state index contributed by atoms with van der Waals surface area (Å²) in [7, 11) is 0. The number of ether oxygens (including phenoxy) is 1. The van der Waals surface area contributed by atoms with E-state index in [0.29, 0.717) is 41.2 Å². The average molecular weight is 574 g/mol. The van der Waals surface area contributed by atoms with Gasteiger partial charge in [0.1, 0.15) is 5.75 Å². The van der Waals surface area contributed by atoms with Crippen LogP contribution in [0.5, 0.6) is 5.75 Å². The molecule has 0 radical (unpaired) electrons. The summed E-state index contributed by atoms with van der Waals surface area (Å²) in [6.07, 6.45) is -4.43. The number of carbonyl (C=O) groups excluding carboxylic acids is 2. The molecule has 0 spiro atoms. The fraction of sp³-hybridized carbons (Fsp3) is 0.212. The van der Waals surface area contributed by atoms with Crippen LogP contribution in [0, 0.1) is 6.92 Å². The van der Waals surface area contributed by atoms with Crippen LogP contribution in [0.1, 0.15) is 21.5 Å². The quantitative estimate of drug-likeness (QED) is 0.198. The summed E-state index contributed by atoms with van der Waals surface area (Å²) >= 11 is 0. The molecule has 1 heterocycles. The minimum atomic E-state index is -4.43. The fourth-order valence-corrected chi connectivity index (χ4v) is 4.90. The van der Waals surface area contributed by atoms with Gasteiger partial charge >= 0.3 is 12.1 Å². The monoisotopic (exact) mass is 573 g/mol. The van der Waals surface area contributed by atoms with Crippen molar-refractivity contribution in [3.63, 3.8) is 0 Å². The number of amides is 1. The van der Waals surface area contributed by atoms with E-state index in [4.69, 9.17) is 4.74 Å². The van der Waals surface area contributed by atoms with Crippen LogP contribution in [0.2, 0.25) is 0 Å². The number of carbonyl (C=O) groups is 2. The Labute approximate surface area is 242 Å². The van der Waals surface area contributed by atoms with Crippen LogP contribution in [0.4, 0.5) is 24.5 Å². The van der Waals surface area contributed by atoms with Crippen molar-refractivity contribution in [1.82, 2.24) is 4.90 Å². The molecule has 6 nitrogen and oxygen atoms in total. The number of benzene rings is 4. The Morgan fingerprint density at radius 1 is 0.810 bits per heavy atom. The van der Waals surface area contributed by atoms with Crippen molar-refractivity contribution in [2.24, 2.45) is 0 Å². The largest absolute Gasteiger partial charge is 0.425 e. The second-order valence-electron chi connectivity index (χ2n) is 10.1. The number of para-hydroxylation sites is 1. The molecule has 0 saturated carbocycles. The van der Waals surface area contributed by atoms with Gasteiger partial charge < -0.3 is 15.0 Å². The van der Waals surface area contributed by atoms with Crippen molar-refractivity contribution in [3.05, 3.63) is 114 Å². The van der Waals surface area contributed by atoms with Crippen LogP contribution in [-0.4, -0.2) is 49.5 Å². The van der Waals surface area contributed by atoms with Crippen molar-refractivity contribution in [2.45, 2.75) is 13.1 Å². The normalized spacial score (nSPS) is 14.0. The average Bonchev–Trinajstić information content (AvgIpc) is 2.99. The van der Waals surface area contributed by atoms with Gasteiger partial charge in [-0.15, -0.1) is 0 Å². The van der Waals surface area contributed by atoms with E-state index < -0.39 is 11.7 Å². The van der Waals surface area contributed by atoms with E-state index in [9.17, 15) is 22.8 Å². The lowest BCUT2D eigenvalue weighted by atomic mass is 9.98. The van der Waals surface area contributed by atoms with Gasteiger partial charge in [0.15, 0.2) is 0 Å². The highest BCUT2D eigenvalue weighted by Gasteiger charge is 2.30. The van der Waals surface area contributed by atoms with E-state index in [0.717, 1.165) is 36.5 Å². The first-order chi connectivity index (χ1) is 20.2. The Morgan fingerprint density at radius 3 is 2.12 bits per heavy atom. The lowest BCUT2D eigenvalue weighted by molar-refractivity contribution is -0.137. The van der Waals surface area contributed by atoms with Gasteiger partial charge in [-0.05, 0) is 72.1 Å². The van der Waals surface area contributed by atoms with Crippen molar-refractivity contribution in [1.29, 1.82) is 0 Å². The number of esters is 1. The first-order valence-corrected chi connectivity index (χ1v) is 13.6. The fourth-order valence-electron chi connectivity index (χ4n) is 4.90. The second kappa shape index (κ2) is 12.5. The van der Waals surface area contributed by atoms with Gasteiger partial charge in [0.2, 0.25) is 0 Å². The summed E-state index contributed by atoms with van der Waals surface area (Å²) in [6.45, 7) is 5.03. The van der Waals surface area contributed by atoms with Crippen LogP contribution >= 0.6 is 0 Å². The Balaban J connectivity index is 1.16. The predicted octanol–water partition coefficient (Wildman–Crippen LogP) is 6.66. The van der Waals surface area contributed by atoms with Gasteiger partial charge in [-0.25, -0.2) is 0 Å². The minimum absolute atomic E-state index is 0.223. The number of nitrogens with zero attached hydrogens (tertiary/aromatic N) is 2. The molecule has 4 aromatic rings. The second-order valence-corrected chi connectivity index (χ2v) is 10.1. The molecule has 1 fully saturated rings. The first kappa shape index (κ1) is 28.9. The lowest BCUT2D eigenvalue weighted by Gasteiger charge is -2.35. The number of hydrogen-bond acceptors (Lipinski definition) is 5. The molecule has 1 aliphatic rings. The van der Waals surface area contributed by atoms with Gasteiger partial charge in [-0.3, -0.25) is 14.5 Å². The maximum atomic E-state index is 13.1. The first-order valence-electron chi connectivity index (χ1n) is 13.6. The topological polar surface area (TPSA) is 61.9 Å². The smallest absolute Gasteiger partial charge is 0.416 e. The predicted molar refractivity (Wildman–Crippen MR) is 157 cm³/mol. The van der Waals surface area contributed by atoms with Gasteiger partial charge in [0, 0.05) is 43.1 Å². The molecule has 42 heavy (non-hydrogen) atoms. The van der Waals surface area contributed by atoms with E-state index in [-0.39, 0.29) is 18.4 Å². The molecule has 0 unspecified atom stereocenters.